The first kappa shape index (κ1) is 36.1. The number of hydrogen-bond acceptors (Lipinski definition) is 7. The maximum absolute atomic E-state index is 16.5. The van der Waals surface area contributed by atoms with E-state index < -0.39 is 30.1 Å². The molecular weight excluding hydrogens is 688 g/mol. The fraction of sp³-hybridized carbons (Fsp3) is 0.476. The zero-order valence-corrected chi connectivity index (χ0v) is 32.8. The Balaban J connectivity index is 1.17. The van der Waals surface area contributed by atoms with E-state index >= 15 is 4.39 Å². The number of carbonyl (C=O) groups is 1. The van der Waals surface area contributed by atoms with E-state index in [1.54, 1.807) is 11.3 Å². The summed E-state index contributed by atoms with van der Waals surface area (Å²) >= 11 is 1.78. The van der Waals surface area contributed by atoms with E-state index in [1.807, 2.05) is 60.7 Å². The second-order valence-corrected chi connectivity index (χ2v) is 18.1. The maximum atomic E-state index is 16.5. The van der Waals surface area contributed by atoms with Gasteiger partial charge >= 0.3 is 13.1 Å². The number of aromatic amines is 1. The Labute approximate surface area is 315 Å². The molecule has 5 aromatic rings. The van der Waals surface area contributed by atoms with Crippen LogP contribution < -0.4 is 10.2 Å². The lowest BCUT2D eigenvalue weighted by molar-refractivity contribution is -0.155. The molecule has 8 rings (SSSR count). The molecule has 1 N–H and O–H groups in total. The lowest BCUT2D eigenvalue weighted by atomic mass is 9.78. The van der Waals surface area contributed by atoms with E-state index in [-0.39, 0.29) is 24.1 Å². The summed E-state index contributed by atoms with van der Waals surface area (Å²) in [6.45, 7) is 15.8. The molecule has 3 aliphatic rings. The number of carbonyl (C=O) groups excluding carboxylic acids is 1. The molecule has 2 fully saturated rings. The highest BCUT2D eigenvalue weighted by Crippen LogP contribution is 2.49. The van der Waals surface area contributed by atoms with Crippen molar-refractivity contribution in [2.75, 3.05) is 0 Å². The molecule has 278 valence electrons. The quantitative estimate of drug-likeness (QED) is 0.113. The average Bonchev–Trinajstić information content (AvgIpc) is 3.40. The van der Waals surface area contributed by atoms with Crippen molar-refractivity contribution >= 4 is 40.8 Å². The van der Waals surface area contributed by atoms with Gasteiger partial charge in [0.25, 0.3) is 0 Å². The molecule has 2 aliphatic heterocycles. The molecule has 1 unspecified atom stereocenters. The van der Waals surface area contributed by atoms with Crippen LogP contribution in [0.25, 0.3) is 33.4 Å². The summed E-state index contributed by atoms with van der Waals surface area (Å²) in [5, 5.41) is 0.958. The van der Waals surface area contributed by atoms with E-state index in [2.05, 4.69) is 52.9 Å². The number of nitrogens with zero attached hydrogens (tertiary/aromatic N) is 2. The minimum absolute atomic E-state index is 0.0742. The predicted molar refractivity (Wildman–Crippen MR) is 208 cm³/mol. The number of unbranched alkanes of at least 4 members (excludes halogenated alkanes) is 1. The number of H-pyrrole nitrogens is 1. The molecule has 3 aromatic heterocycles. The number of fused-ring (bicyclic) bond motifs is 5. The van der Waals surface area contributed by atoms with Crippen molar-refractivity contribution < 1.29 is 28.0 Å². The first-order chi connectivity index (χ1) is 25.1. The summed E-state index contributed by atoms with van der Waals surface area (Å²) in [6, 6.07) is 16.1. The van der Waals surface area contributed by atoms with Crippen molar-refractivity contribution in [2.24, 2.45) is 0 Å². The molecule has 2 aromatic carbocycles. The van der Waals surface area contributed by atoms with Crippen LogP contribution in [0.1, 0.15) is 128 Å². The zero-order valence-electron chi connectivity index (χ0n) is 32.0. The number of hydrogen-bond donors (Lipinski definition) is 1. The number of halogens is 1. The Bertz CT molecular complexity index is 2180. The second-order valence-electron chi connectivity index (χ2n) is 16.9. The van der Waals surface area contributed by atoms with Gasteiger partial charge in [-0.2, -0.15) is 0 Å². The van der Waals surface area contributed by atoms with Crippen LogP contribution in [0.15, 0.2) is 54.7 Å². The van der Waals surface area contributed by atoms with Crippen molar-refractivity contribution in [2.45, 2.75) is 129 Å². The fourth-order valence-electron chi connectivity index (χ4n) is 7.41. The summed E-state index contributed by atoms with van der Waals surface area (Å²) in [5.41, 5.74) is 2.86. The molecule has 1 saturated carbocycles. The van der Waals surface area contributed by atoms with Crippen molar-refractivity contribution in [1.82, 2.24) is 14.5 Å². The third-order valence-corrected chi connectivity index (χ3v) is 12.4. The van der Waals surface area contributed by atoms with Crippen molar-refractivity contribution in [3.05, 3.63) is 76.1 Å². The zero-order chi connectivity index (χ0) is 37.4. The largest absolute Gasteiger partial charge is 0.495 e. The van der Waals surface area contributed by atoms with Gasteiger partial charge in [0.15, 0.2) is 0 Å². The predicted octanol–water partition coefficient (Wildman–Crippen LogP) is 10.0. The Morgan fingerprint density at radius 2 is 1.81 bits per heavy atom. The molecular formula is C42H49BFN3O5S. The van der Waals surface area contributed by atoms with Crippen LogP contribution in [0.4, 0.5) is 4.39 Å². The number of imidazole rings is 1. The standard InChI is InChI=1S/C42H49BFN3O5S/c1-9-10-11-26(20-36(48)50-40(2,3)4)38-45-23-30(46-38)25-14-15-31-27(18-25)19-32-37-29(44)21-28(43-51-41(5,6)42(7,8)52-43)22-33(37)49-39(47(31)32)35-17-16-34(53-35)24-12-13-24/h14-19,21-24,26,39H,9-13,20H2,1-8H3,(H,45,46)/t26-,39?/m1/s1. The van der Waals surface area contributed by atoms with Crippen LogP contribution in [-0.2, 0) is 18.8 Å². The van der Waals surface area contributed by atoms with E-state index in [9.17, 15) is 4.79 Å². The monoisotopic (exact) mass is 737 g/mol. The van der Waals surface area contributed by atoms with Gasteiger partial charge in [0.2, 0.25) is 6.23 Å². The number of nitrogens with one attached hydrogen (secondary N) is 1. The SMILES string of the molecule is CCCC[C@H](CC(=O)OC(C)(C)C)c1ncc(-c2ccc3c(c2)cc2n3C(c3ccc(C4CC4)s3)Oc3cc(B4OC(C)(C)C(C)(C)O4)cc(F)c3-2)[nH]1. The highest BCUT2D eigenvalue weighted by Gasteiger charge is 2.52. The number of ether oxygens (including phenoxy) is 2. The normalized spacial score (nSPS) is 19.6. The van der Waals surface area contributed by atoms with Crippen LogP contribution in [0, 0.1) is 5.82 Å². The molecule has 53 heavy (non-hydrogen) atoms. The third kappa shape index (κ3) is 6.85. The molecule has 0 amide bonds. The first-order valence-electron chi connectivity index (χ1n) is 19.0. The van der Waals surface area contributed by atoms with Gasteiger partial charge in [-0.05, 0) is 122 Å². The van der Waals surface area contributed by atoms with Crippen LogP contribution in [-0.4, -0.2) is 44.4 Å². The van der Waals surface area contributed by atoms with Crippen LogP contribution in [0.3, 0.4) is 0 Å². The van der Waals surface area contributed by atoms with Crippen LogP contribution in [0.2, 0.25) is 0 Å². The van der Waals surface area contributed by atoms with Crippen molar-refractivity contribution in [3.63, 3.8) is 0 Å². The first-order valence-corrected chi connectivity index (χ1v) is 19.8. The molecule has 1 aliphatic carbocycles. The Kier molecular flexibility index (Phi) is 8.94. The van der Waals surface area contributed by atoms with Gasteiger partial charge in [0, 0.05) is 21.7 Å². The maximum Gasteiger partial charge on any atom is 0.495 e. The van der Waals surface area contributed by atoms with Gasteiger partial charge in [0.1, 0.15) is 23.0 Å². The number of thiophene rings is 1. The average molecular weight is 738 g/mol. The van der Waals surface area contributed by atoms with Gasteiger partial charge in [-0.25, -0.2) is 9.37 Å². The molecule has 0 bridgehead atoms. The molecule has 0 spiro atoms. The molecule has 11 heteroatoms. The van der Waals surface area contributed by atoms with Gasteiger partial charge in [-0.15, -0.1) is 11.3 Å². The molecule has 0 radical (unpaired) electrons. The van der Waals surface area contributed by atoms with E-state index in [0.29, 0.717) is 22.7 Å². The Morgan fingerprint density at radius 3 is 2.51 bits per heavy atom. The Morgan fingerprint density at radius 1 is 1.08 bits per heavy atom. The molecule has 1 saturated heterocycles. The highest BCUT2D eigenvalue weighted by molar-refractivity contribution is 7.12. The molecule has 5 heterocycles. The van der Waals surface area contributed by atoms with Gasteiger partial charge in [0.05, 0.1) is 51.2 Å². The number of esters is 1. The smallest absolute Gasteiger partial charge is 0.464 e. The highest BCUT2D eigenvalue weighted by atomic mass is 32.1. The summed E-state index contributed by atoms with van der Waals surface area (Å²) in [5.74, 6) is 1.18. The summed E-state index contributed by atoms with van der Waals surface area (Å²) in [4.78, 5) is 23.5. The summed E-state index contributed by atoms with van der Waals surface area (Å²) in [7, 11) is -0.717. The van der Waals surface area contributed by atoms with Crippen LogP contribution >= 0.6 is 11.3 Å². The number of rotatable bonds is 10. The number of aromatic nitrogens is 3. The molecule has 2 atom stereocenters. The lowest BCUT2D eigenvalue weighted by Crippen LogP contribution is -2.41. The van der Waals surface area contributed by atoms with Gasteiger partial charge in [-0.1, -0.05) is 25.8 Å². The van der Waals surface area contributed by atoms with Gasteiger partial charge < -0.3 is 23.8 Å². The molecule has 8 nitrogen and oxygen atoms in total. The summed E-state index contributed by atoms with van der Waals surface area (Å²) < 4.78 is 43.7. The number of benzene rings is 2. The summed E-state index contributed by atoms with van der Waals surface area (Å²) in [6.07, 6.45) is 6.90. The Hall–Kier alpha value is -3.93. The topological polar surface area (TPSA) is 87.6 Å². The van der Waals surface area contributed by atoms with Crippen molar-refractivity contribution in [3.8, 4) is 28.3 Å². The minimum atomic E-state index is -0.717. The van der Waals surface area contributed by atoms with E-state index in [4.69, 9.17) is 23.8 Å². The minimum Gasteiger partial charge on any atom is -0.464 e. The fourth-order valence-corrected chi connectivity index (χ4v) is 8.62. The van der Waals surface area contributed by atoms with E-state index in [0.717, 1.165) is 57.8 Å². The second kappa shape index (κ2) is 13.1. The lowest BCUT2D eigenvalue weighted by Gasteiger charge is -2.32. The van der Waals surface area contributed by atoms with Gasteiger partial charge in [-0.3, -0.25) is 9.36 Å². The van der Waals surface area contributed by atoms with Crippen LogP contribution in [0.5, 0.6) is 5.75 Å². The van der Waals surface area contributed by atoms with Crippen molar-refractivity contribution in [1.29, 1.82) is 0 Å². The van der Waals surface area contributed by atoms with E-state index in [1.165, 1.54) is 23.8 Å². The third-order valence-electron chi connectivity index (χ3n) is 11.1.